The zero-order valence-corrected chi connectivity index (χ0v) is 12.6. The van der Waals surface area contributed by atoms with Gasteiger partial charge in [0.1, 0.15) is 0 Å². The third-order valence-electron chi connectivity index (χ3n) is 6.28. The van der Waals surface area contributed by atoms with E-state index in [1.807, 2.05) is 24.3 Å². The van der Waals surface area contributed by atoms with Gasteiger partial charge in [-0.1, -0.05) is 37.3 Å². The van der Waals surface area contributed by atoms with Crippen LogP contribution in [0.25, 0.3) is 0 Å². The van der Waals surface area contributed by atoms with Crippen molar-refractivity contribution in [2.24, 2.45) is 35.5 Å². The molecule has 22 heavy (non-hydrogen) atoms. The molecule has 3 nitrogen and oxygen atoms in total. The topological polar surface area (TPSA) is 37.4 Å². The number of rotatable bonds is 2. The molecule has 2 bridgehead atoms. The predicted molar refractivity (Wildman–Crippen MR) is 83.0 cm³/mol. The first-order chi connectivity index (χ1) is 10.7. The van der Waals surface area contributed by atoms with E-state index in [2.05, 4.69) is 19.1 Å². The second kappa shape index (κ2) is 4.09. The van der Waals surface area contributed by atoms with Gasteiger partial charge in [0.05, 0.1) is 17.5 Å². The Kier molecular flexibility index (Phi) is 2.35. The van der Waals surface area contributed by atoms with Crippen LogP contribution in [-0.2, 0) is 16.0 Å². The summed E-state index contributed by atoms with van der Waals surface area (Å²) in [6.45, 7) is 2.07. The first kappa shape index (κ1) is 12.6. The molecule has 1 heterocycles. The molecule has 1 aliphatic heterocycles. The molecule has 6 atom stereocenters. The largest absolute Gasteiger partial charge is 0.274 e. The SMILES string of the molecule is CCc1ccccc1N1C(=O)[C@H]2[C@@H]3C=C[C@H]([C@H]4C[C@H]34)[C@@H]2C1=O. The summed E-state index contributed by atoms with van der Waals surface area (Å²) >= 11 is 0. The van der Waals surface area contributed by atoms with Gasteiger partial charge in [-0.3, -0.25) is 9.59 Å². The van der Waals surface area contributed by atoms with Crippen molar-refractivity contribution >= 4 is 17.5 Å². The zero-order chi connectivity index (χ0) is 15.0. The van der Waals surface area contributed by atoms with Gasteiger partial charge in [-0.15, -0.1) is 0 Å². The van der Waals surface area contributed by atoms with Gasteiger partial charge in [-0.2, -0.15) is 0 Å². The van der Waals surface area contributed by atoms with Crippen LogP contribution in [0.2, 0.25) is 0 Å². The number of hydrogen-bond acceptors (Lipinski definition) is 2. The maximum absolute atomic E-state index is 13.0. The van der Waals surface area contributed by atoms with Gasteiger partial charge in [0.15, 0.2) is 0 Å². The van der Waals surface area contributed by atoms with Crippen molar-refractivity contribution in [3.63, 3.8) is 0 Å². The van der Waals surface area contributed by atoms with Crippen LogP contribution in [0.3, 0.4) is 0 Å². The minimum Gasteiger partial charge on any atom is -0.274 e. The Morgan fingerprint density at radius 1 is 1.00 bits per heavy atom. The lowest BCUT2D eigenvalue weighted by Gasteiger charge is -2.37. The van der Waals surface area contributed by atoms with Crippen molar-refractivity contribution in [3.05, 3.63) is 42.0 Å². The Labute approximate surface area is 130 Å². The Hall–Kier alpha value is -1.90. The number of imide groups is 1. The molecular formula is C19H19NO2. The highest BCUT2D eigenvalue weighted by Crippen LogP contribution is 2.65. The van der Waals surface area contributed by atoms with Crippen LogP contribution < -0.4 is 4.90 Å². The van der Waals surface area contributed by atoms with Crippen molar-refractivity contribution in [1.82, 2.24) is 0 Å². The fourth-order valence-electron chi connectivity index (χ4n) is 5.22. The van der Waals surface area contributed by atoms with E-state index in [0.717, 1.165) is 17.7 Å². The molecule has 0 N–H and O–H groups in total. The van der Waals surface area contributed by atoms with Gasteiger partial charge in [0.2, 0.25) is 11.8 Å². The number of nitrogens with zero attached hydrogens (tertiary/aromatic N) is 1. The van der Waals surface area contributed by atoms with E-state index in [1.54, 1.807) is 0 Å². The van der Waals surface area contributed by atoms with E-state index < -0.39 is 0 Å². The van der Waals surface area contributed by atoms with Gasteiger partial charge in [-0.05, 0) is 48.1 Å². The fourth-order valence-corrected chi connectivity index (χ4v) is 5.22. The Balaban J connectivity index is 1.60. The third kappa shape index (κ3) is 1.37. The number of amides is 2. The maximum Gasteiger partial charge on any atom is 0.238 e. The van der Waals surface area contributed by atoms with Crippen LogP contribution in [0.5, 0.6) is 0 Å². The van der Waals surface area contributed by atoms with Crippen LogP contribution in [0.4, 0.5) is 5.69 Å². The van der Waals surface area contributed by atoms with Crippen LogP contribution in [-0.4, -0.2) is 11.8 Å². The van der Waals surface area contributed by atoms with E-state index in [0.29, 0.717) is 23.7 Å². The summed E-state index contributed by atoms with van der Waals surface area (Å²) in [7, 11) is 0. The molecule has 3 heteroatoms. The number of para-hydroxylation sites is 1. The average Bonchev–Trinajstić information content (AvgIpc) is 3.32. The molecule has 0 aromatic heterocycles. The smallest absolute Gasteiger partial charge is 0.238 e. The van der Waals surface area contributed by atoms with Gasteiger partial charge in [-0.25, -0.2) is 4.90 Å². The highest BCUT2D eigenvalue weighted by molar-refractivity contribution is 6.23. The molecule has 0 radical (unpaired) electrons. The molecule has 4 aliphatic carbocycles. The Morgan fingerprint density at radius 2 is 1.59 bits per heavy atom. The highest BCUT2D eigenvalue weighted by Gasteiger charge is 2.67. The van der Waals surface area contributed by atoms with E-state index in [1.165, 1.54) is 11.3 Å². The second-order valence-electron chi connectivity index (χ2n) is 7.15. The van der Waals surface area contributed by atoms with Crippen molar-refractivity contribution < 1.29 is 9.59 Å². The average molecular weight is 293 g/mol. The predicted octanol–water partition coefficient (Wildman–Crippen LogP) is 2.81. The van der Waals surface area contributed by atoms with Crippen LogP contribution in [0, 0.1) is 35.5 Å². The Morgan fingerprint density at radius 3 is 2.18 bits per heavy atom. The van der Waals surface area contributed by atoms with Gasteiger partial charge >= 0.3 is 0 Å². The number of hydrogen-bond donors (Lipinski definition) is 0. The third-order valence-corrected chi connectivity index (χ3v) is 6.28. The standard InChI is InChI=1S/C19H19NO2/c1-2-10-5-3-4-6-15(10)20-18(21)16-11-7-8-12(14-9-13(11)14)17(16)19(20)22/h3-8,11-14,16-17H,2,9H2,1H3/t11-,12-,13-,14-,16+,17+/m1/s1. The molecule has 0 spiro atoms. The number of allylic oxidation sites excluding steroid dienone is 2. The second-order valence-corrected chi connectivity index (χ2v) is 7.15. The Bertz CT molecular complexity index is 686. The van der Waals surface area contributed by atoms with E-state index in [-0.39, 0.29) is 23.7 Å². The molecule has 1 aromatic carbocycles. The minimum atomic E-state index is -0.101. The molecule has 0 unspecified atom stereocenters. The summed E-state index contributed by atoms with van der Waals surface area (Å²) in [5.74, 6) is 1.81. The number of anilines is 1. The summed E-state index contributed by atoms with van der Waals surface area (Å²) in [5, 5.41) is 0. The van der Waals surface area contributed by atoms with E-state index in [9.17, 15) is 9.59 Å². The summed E-state index contributed by atoms with van der Waals surface area (Å²) in [6.07, 6.45) is 6.49. The van der Waals surface area contributed by atoms with Gasteiger partial charge in [0, 0.05) is 0 Å². The molecule has 112 valence electrons. The van der Waals surface area contributed by atoms with Crippen LogP contribution in [0.15, 0.2) is 36.4 Å². The van der Waals surface area contributed by atoms with Crippen molar-refractivity contribution in [2.45, 2.75) is 19.8 Å². The molecule has 5 aliphatic rings. The fraction of sp³-hybridized carbons (Fsp3) is 0.474. The van der Waals surface area contributed by atoms with Crippen LogP contribution in [0.1, 0.15) is 18.9 Å². The zero-order valence-electron chi connectivity index (χ0n) is 12.6. The monoisotopic (exact) mass is 293 g/mol. The summed E-state index contributed by atoms with van der Waals surface area (Å²) in [5.41, 5.74) is 1.88. The van der Waals surface area contributed by atoms with Crippen molar-refractivity contribution in [1.29, 1.82) is 0 Å². The highest BCUT2D eigenvalue weighted by atomic mass is 16.2. The van der Waals surface area contributed by atoms with Gasteiger partial charge in [0.25, 0.3) is 0 Å². The molecule has 6 rings (SSSR count). The van der Waals surface area contributed by atoms with Crippen LogP contribution >= 0.6 is 0 Å². The van der Waals surface area contributed by atoms with Gasteiger partial charge < -0.3 is 0 Å². The summed E-state index contributed by atoms with van der Waals surface area (Å²) in [4.78, 5) is 27.6. The first-order valence-electron chi connectivity index (χ1n) is 8.36. The van der Waals surface area contributed by atoms with Crippen molar-refractivity contribution in [2.75, 3.05) is 4.90 Å². The minimum absolute atomic E-state index is 0.0422. The lowest BCUT2D eigenvalue weighted by atomic mass is 9.63. The lowest BCUT2D eigenvalue weighted by Crippen LogP contribution is -2.40. The molecular weight excluding hydrogens is 274 g/mol. The maximum atomic E-state index is 13.0. The molecule has 2 saturated carbocycles. The molecule has 2 amide bonds. The number of aryl methyl sites for hydroxylation is 1. The molecule has 1 saturated heterocycles. The lowest BCUT2D eigenvalue weighted by molar-refractivity contribution is -0.124. The summed E-state index contributed by atoms with van der Waals surface area (Å²) < 4.78 is 0. The van der Waals surface area contributed by atoms with E-state index in [4.69, 9.17) is 0 Å². The number of benzene rings is 1. The quantitative estimate of drug-likeness (QED) is 0.621. The van der Waals surface area contributed by atoms with Crippen molar-refractivity contribution in [3.8, 4) is 0 Å². The first-order valence-corrected chi connectivity index (χ1v) is 8.36. The number of carbonyl (C=O) groups is 2. The number of carbonyl (C=O) groups excluding carboxylic acids is 2. The molecule has 3 fully saturated rings. The normalized spacial score (nSPS) is 40.9. The molecule has 1 aromatic rings. The summed E-state index contributed by atoms with van der Waals surface area (Å²) in [6, 6.07) is 7.83. The van der Waals surface area contributed by atoms with E-state index >= 15 is 0 Å².